The van der Waals surface area contributed by atoms with Crippen LogP contribution in [0, 0.1) is 11.8 Å². The molecule has 0 atom stereocenters. The number of ether oxygens (including phenoxy) is 1. The SMILES string of the molecule is COc1cc(F)ccc1Nc1cccc(F)n1. The molecule has 0 aliphatic heterocycles. The summed E-state index contributed by atoms with van der Waals surface area (Å²) < 4.78 is 30.8. The third-order valence-corrected chi connectivity index (χ3v) is 2.14. The minimum atomic E-state index is -0.587. The number of aromatic nitrogens is 1. The fourth-order valence-electron chi connectivity index (χ4n) is 1.38. The van der Waals surface area contributed by atoms with Crippen LogP contribution in [0.4, 0.5) is 20.3 Å². The molecule has 0 saturated heterocycles. The number of benzene rings is 1. The number of nitrogens with one attached hydrogen (secondary N) is 1. The Bertz CT molecular complexity index is 532. The maximum Gasteiger partial charge on any atom is 0.214 e. The fraction of sp³-hybridized carbons (Fsp3) is 0.0833. The highest BCUT2D eigenvalue weighted by Gasteiger charge is 2.05. The molecule has 1 N–H and O–H groups in total. The van der Waals surface area contributed by atoms with Crippen molar-refractivity contribution in [3.8, 4) is 5.75 Å². The van der Waals surface area contributed by atoms with Crippen LogP contribution in [0.1, 0.15) is 0 Å². The maximum absolute atomic E-state index is 13.0. The molecule has 0 bridgehead atoms. The Morgan fingerprint density at radius 3 is 2.71 bits per heavy atom. The van der Waals surface area contributed by atoms with Gasteiger partial charge in [0.25, 0.3) is 0 Å². The highest BCUT2D eigenvalue weighted by atomic mass is 19.1. The fourth-order valence-corrected chi connectivity index (χ4v) is 1.38. The molecule has 88 valence electrons. The summed E-state index contributed by atoms with van der Waals surface area (Å²) in [5.41, 5.74) is 0.520. The minimum Gasteiger partial charge on any atom is -0.494 e. The van der Waals surface area contributed by atoms with E-state index < -0.39 is 11.8 Å². The number of hydrogen-bond donors (Lipinski definition) is 1. The van der Waals surface area contributed by atoms with Gasteiger partial charge in [0.15, 0.2) is 0 Å². The summed E-state index contributed by atoms with van der Waals surface area (Å²) >= 11 is 0. The van der Waals surface area contributed by atoms with E-state index in [0.717, 1.165) is 0 Å². The maximum atomic E-state index is 13.0. The molecule has 0 fully saturated rings. The Kier molecular flexibility index (Phi) is 3.18. The summed E-state index contributed by atoms with van der Waals surface area (Å²) in [6, 6.07) is 8.39. The standard InChI is InChI=1S/C12H10F2N2O/c1-17-10-7-8(13)5-6-9(10)15-12-4-2-3-11(14)16-12/h2-7H,1H3,(H,15,16). The van der Waals surface area contributed by atoms with Crippen LogP contribution < -0.4 is 10.1 Å². The lowest BCUT2D eigenvalue weighted by molar-refractivity contribution is 0.413. The van der Waals surface area contributed by atoms with Crippen LogP contribution in [0.3, 0.4) is 0 Å². The third-order valence-electron chi connectivity index (χ3n) is 2.14. The summed E-state index contributed by atoms with van der Waals surface area (Å²) in [5, 5.41) is 2.85. The second kappa shape index (κ2) is 4.78. The van der Waals surface area contributed by atoms with E-state index in [0.29, 0.717) is 17.3 Å². The van der Waals surface area contributed by atoms with Crippen LogP contribution in [0.2, 0.25) is 0 Å². The largest absolute Gasteiger partial charge is 0.494 e. The van der Waals surface area contributed by atoms with Gasteiger partial charge in [0.2, 0.25) is 5.95 Å². The van der Waals surface area contributed by atoms with E-state index in [1.54, 1.807) is 6.07 Å². The molecule has 3 nitrogen and oxygen atoms in total. The molecule has 0 unspecified atom stereocenters. The van der Waals surface area contributed by atoms with Gasteiger partial charge in [0.1, 0.15) is 17.4 Å². The predicted octanol–water partition coefficient (Wildman–Crippen LogP) is 3.11. The van der Waals surface area contributed by atoms with E-state index in [9.17, 15) is 8.78 Å². The number of methoxy groups -OCH3 is 1. The van der Waals surface area contributed by atoms with E-state index >= 15 is 0 Å². The van der Waals surface area contributed by atoms with Crippen molar-refractivity contribution in [3.63, 3.8) is 0 Å². The van der Waals surface area contributed by atoms with Crippen LogP contribution in [0.25, 0.3) is 0 Å². The van der Waals surface area contributed by atoms with Gasteiger partial charge in [0, 0.05) is 6.07 Å². The van der Waals surface area contributed by atoms with Gasteiger partial charge < -0.3 is 10.1 Å². The van der Waals surface area contributed by atoms with Crippen molar-refractivity contribution in [3.05, 3.63) is 48.2 Å². The first-order chi connectivity index (χ1) is 8.19. The van der Waals surface area contributed by atoms with Gasteiger partial charge in [-0.1, -0.05) is 6.07 Å². The first-order valence-electron chi connectivity index (χ1n) is 4.92. The van der Waals surface area contributed by atoms with Crippen molar-refractivity contribution < 1.29 is 13.5 Å². The van der Waals surface area contributed by atoms with Crippen LogP contribution >= 0.6 is 0 Å². The molecule has 0 aliphatic rings. The number of rotatable bonds is 3. The highest BCUT2D eigenvalue weighted by Crippen LogP contribution is 2.27. The molecule has 2 rings (SSSR count). The Labute approximate surface area is 97.1 Å². The number of nitrogens with zero attached hydrogens (tertiary/aromatic N) is 1. The molecule has 0 spiro atoms. The van der Waals surface area contributed by atoms with Gasteiger partial charge in [-0.25, -0.2) is 9.37 Å². The molecule has 0 saturated carbocycles. The van der Waals surface area contributed by atoms with Crippen molar-refractivity contribution in [1.82, 2.24) is 4.98 Å². The number of hydrogen-bond acceptors (Lipinski definition) is 3. The van der Waals surface area contributed by atoms with E-state index in [-0.39, 0.29) is 0 Å². The molecular weight excluding hydrogens is 226 g/mol. The Morgan fingerprint density at radius 2 is 2.00 bits per heavy atom. The van der Waals surface area contributed by atoms with Gasteiger partial charge >= 0.3 is 0 Å². The number of halogens is 2. The zero-order chi connectivity index (χ0) is 12.3. The smallest absolute Gasteiger partial charge is 0.214 e. The third kappa shape index (κ3) is 2.69. The quantitative estimate of drug-likeness (QED) is 0.831. The van der Waals surface area contributed by atoms with E-state index in [1.807, 2.05) is 0 Å². The average molecular weight is 236 g/mol. The first-order valence-corrected chi connectivity index (χ1v) is 4.92. The summed E-state index contributed by atoms with van der Waals surface area (Å²) in [7, 11) is 1.43. The highest BCUT2D eigenvalue weighted by molar-refractivity contribution is 5.63. The predicted molar refractivity (Wildman–Crippen MR) is 60.4 cm³/mol. The molecule has 2 aromatic rings. The van der Waals surface area contributed by atoms with Gasteiger partial charge in [-0.2, -0.15) is 4.39 Å². The second-order valence-corrected chi connectivity index (χ2v) is 3.32. The zero-order valence-corrected chi connectivity index (χ0v) is 9.08. The molecule has 1 heterocycles. The monoisotopic (exact) mass is 236 g/mol. The normalized spacial score (nSPS) is 10.1. The summed E-state index contributed by atoms with van der Waals surface area (Å²) in [4.78, 5) is 3.64. The lowest BCUT2D eigenvalue weighted by Gasteiger charge is -2.10. The van der Waals surface area contributed by atoms with Crippen molar-refractivity contribution in [1.29, 1.82) is 0 Å². The van der Waals surface area contributed by atoms with Crippen LogP contribution in [0.15, 0.2) is 36.4 Å². The van der Waals surface area contributed by atoms with Crippen molar-refractivity contribution in [2.75, 3.05) is 12.4 Å². The second-order valence-electron chi connectivity index (χ2n) is 3.32. The van der Waals surface area contributed by atoms with Crippen LogP contribution in [-0.2, 0) is 0 Å². The van der Waals surface area contributed by atoms with Crippen molar-refractivity contribution in [2.24, 2.45) is 0 Å². The van der Waals surface area contributed by atoms with E-state index in [2.05, 4.69) is 10.3 Å². The lowest BCUT2D eigenvalue weighted by Crippen LogP contribution is -1.98. The average Bonchev–Trinajstić information content (AvgIpc) is 2.31. The molecule has 5 heteroatoms. The molecular formula is C12H10F2N2O. The van der Waals surface area contributed by atoms with Crippen molar-refractivity contribution >= 4 is 11.5 Å². The first kappa shape index (κ1) is 11.3. The van der Waals surface area contributed by atoms with Gasteiger partial charge in [-0.05, 0) is 24.3 Å². The van der Waals surface area contributed by atoms with Crippen molar-refractivity contribution in [2.45, 2.75) is 0 Å². The zero-order valence-electron chi connectivity index (χ0n) is 9.08. The number of pyridine rings is 1. The van der Waals surface area contributed by atoms with Gasteiger partial charge in [-0.15, -0.1) is 0 Å². The lowest BCUT2D eigenvalue weighted by atomic mass is 10.3. The summed E-state index contributed by atoms with van der Waals surface area (Å²) in [6.07, 6.45) is 0. The van der Waals surface area contributed by atoms with Crippen LogP contribution in [0.5, 0.6) is 5.75 Å². The molecule has 0 amide bonds. The van der Waals surface area contributed by atoms with E-state index in [4.69, 9.17) is 4.74 Å². The van der Waals surface area contributed by atoms with Gasteiger partial charge in [-0.3, -0.25) is 0 Å². The molecule has 1 aromatic heterocycles. The minimum absolute atomic E-state index is 0.329. The Morgan fingerprint density at radius 1 is 1.18 bits per heavy atom. The molecule has 0 aliphatic carbocycles. The van der Waals surface area contributed by atoms with Crippen LogP contribution in [-0.4, -0.2) is 12.1 Å². The molecule has 0 radical (unpaired) electrons. The topological polar surface area (TPSA) is 34.1 Å². The van der Waals surface area contributed by atoms with Gasteiger partial charge in [0.05, 0.1) is 12.8 Å². The Balaban J connectivity index is 2.29. The van der Waals surface area contributed by atoms with E-state index in [1.165, 1.54) is 37.4 Å². The summed E-state index contributed by atoms with van der Waals surface area (Å²) in [5.74, 6) is -0.332. The molecule has 17 heavy (non-hydrogen) atoms. The molecule has 1 aromatic carbocycles. The summed E-state index contributed by atoms with van der Waals surface area (Å²) in [6.45, 7) is 0. The number of anilines is 2. The Hall–Kier alpha value is -2.17.